The molecule has 0 heterocycles. The maximum absolute atomic E-state index is 2.43. The van der Waals surface area contributed by atoms with Crippen LogP contribution in [0, 0.1) is 6.92 Å². The molecule has 0 heteroatoms. The van der Waals surface area contributed by atoms with Crippen molar-refractivity contribution in [1.82, 2.24) is 0 Å². The predicted octanol–water partition coefficient (Wildman–Crippen LogP) is 13.3. The lowest BCUT2D eigenvalue weighted by Gasteiger charge is -2.18. The van der Waals surface area contributed by atoms with Crippen LogP contribution in [0.25, 0.3) is 87.2 Å². The Balaban J connectivity index is 1.24. The van der Waals surface area contributed by atoms with E-state index in [0.29, 0.717) is 0 Å². The van der Waals surface area contributed by atoms with Crippen LogP contribution >= 0.6 is 0 Å². The molecule has 0 aliphatic rings. The lowest BCUT2D eigenvalue weighted by Crippen LogP contribution is -1.95. The smallest absolute Gasteiger partial charge is 0.00670 e. The number of rotatable bonds is 4. The Bertz CT molecular complexity index is 2660. The summed E-state index contributed by atoms with van der Waals surface area (Å²) in [6.07, 6.45) is 0.959. The van der Waals surface area contributed by atoms with E-state index in [1.54, 1.807) is 0 Å². The first-order valence-corrected chi connectivity index (χ1v) is 16.7. The van der Waals surface area contributed by atoms with Gasteiger partial charge in [-0.1, -0.05) is 153 Å². The number of fused-ring (bicyclic) bond motifs is 8. The summed E-state index contributed by atoms with van der Waals surface area (Å²) in [5, 5.41) is 13.0. The van der Waals surface area contributed by atoms with Crippen LogP contribution in [0.4, 0.5) is 0 Å². The fraction of sp³-hybridized carbons (Fsp3) is 0.0638. The molecular formula is C47H34. The minimum absolute atomic E-state index is 0.959. The molecule has 0 spiro atoms. The number of hydrogen-bond donors (Lipinski definition) is 0. The van der Waals surface area contributed by atoms with Gasteiger partial charge in [0.2, 0.25) is 0 Å². The molecule has 9 rings (SSSR count). The highest BCUT2D eigenvalue weighted by atomic mass is 14.2. The van der Waals surface area contributed by atoms with Gasteiger partial charge in [0.05, 0.1) is 0 Å². The molecule has 9 aromatic rings. The van der Waals surface area contributed by atoms with Crippen LogP contribution in [0.15, 0.2) is 158 Å². The summed E-state index contributed by atoms with van der Waals surface area (Å²) >= 11 is 0. The van der Waals surface area contributed by atoms with Crippen LogP contribution in [0.1, 0.15) is 18.1 Å². The summed E-state index contributed by atoms with van der Waals surface area (Å²) in [7, 11) is 0. The third-order valence-electron chi connectivity index (χ3n) is 10.2. The molecule has 0 N–H and O–H groups in total. The summed E-state index contributed by atoms with van der Waals surface area (Å²) < 4.78 is 0. The average molecular weight is 599 g/mol. The van der Waals surface area contributed by atoms with Crippen molar-refractivity contribution in [1.29, 1.82) is 0 Å². The molecule has 0 aromatic heterocycles. The quantitative estimate of drug-likeness (QED) is 0.177. The number of benzene rings is 9. The number of aryl methyl sites for hydroxylation is 1. The molecule has 9 aromatic carbocycles. The molecule has 0 fully saturated rings. The van der Waals surface area contributed by atoms with Crippen molar-refractivity contribution >= 4 is 53.9 Å². The van der Waals surface area contributed by atoms with Gasteiger partial charge >= 0.3 is 0 Å². The molecule has 0 aliphatic carbocycles. The van der Waals surface area contributed by atoms with E-state index in [9.17, 15) is 0 Å². The van der Waals surface area contributed by atoms with Crippen molar-refractivity contribution in [2.24, 2.45) is 0 Å². The third-order valence-corrected chi connectivity index (χ3v) is 10.2. The maximum atomic E-state index is 2.43. The summed E-state index contributed by atoms with van der Waals surface area (Å²) in [5.74, 6) is 0. The minimum atomic E-state index is 0.959. The summed E-state index contributed by atoms with van der Waals surface area (Å²) in [4.78, 5) is 0. The summed E-state index contributed by atoms with van der Waals surface area (Å²) in [6.45, 7) is 4.57. The summed E-state index contributed by atoms with van der Waals surface area (Å²) in [6, 6.07) is 58.5. The first-order chi connectivity index (χ1) is 23.2. The fourth-order valence-corrected chi connectivity index (χ4v) is 7.88. The van der Waals surface area contributed by atoms with Gasteiger partial charge in [-0.05, 0) is 124 Å². The van der Waals surface area contributed by atoms with Crippen molar-refractivity contribution in [2.75, 3.05) is 0 Å². The third kappa shape index (κ3) is 4.44. The van der Waals surface area contributed by atoms with Gasteiger partial charge in [0.15, 0.2) is 0 Å². The predicted molar refractivity (Wildman–Crippen MR) is 204 cm³/mol. The zero-order valence-electron chi connectivity index (χ0n) is 26.7. The summed E-state index contributed by atoms with van der Waals surface area (Å²) in [5.41, 5.74) is 10.4. The molecule has 0 nitrogen and oxygen atoms in total. The van der Waals surface area contributed by atoms with Gasteiger partial charge in [-0.3, -0.25) is 0 Å². The Kier molecular flexibility index (Phi) is 6.44. The van der Waals surface area contributed by atoms with Crippen LogP contribution in [0.2, 0.25) is 0 Å². The van der Waals surface area contributed by atoms with E-state index in [4.69, 9.17) is 0 Å². The Morgan fingerprint density at radius 1 is 0.362 bits per heavy atom. The van der Waals surface area contributed by atoms with Gasteiger partial charge in [-0.25, -0.2) is 0 Å². The highest BCUT2D eigenvalue weighted by Gasteiger charge is 2.16. The lowest BCUT2D eigenvalue weighted by molar-refractivity contribution is 1.16. The van der Waals surface area contributed by atoms with E-state index in [0.717, 1.165) is 6.42 Å². The molecule has 47 heavy (non-hydrogen) atoms. The van der Waals surface area contributed by atoms with E-state index in [2.05, 4.69) is 172 Å². The molecule has 0 amide bonds. The molecule has 0 bridgehead atoms. The lowest BCUT2D eigenvalue weighted by atomic mass is 9.86. The van der Waals surface area contributed by atoms with Gasteiger partial charge in [-0.2, -0.15) is 0 Å². The van der Waals surface area contributed by atoms with Crippen molar-refractivity contribution in [2.45, 2.75) is 20.3 Å². The second kappa shape index (κ2) is 11.0. The average Bonchev–Trinajstić information content (AvgIpc) is 3.14. The first kappa shape index (κ1) is 27.6. The zero-order chi connectivity index (χ0) is 31.5. The van der Waals surface area contributed by atoms with Gasteiger partial charge < -0.3 is 0 Å². The van der Waals surface area contributed by atoms with Crippen molar-refractivity contribution < 1.29 is 0 Å². The van der Waals surface area contributed by atoms with E-state index >= 15 is 0 Å². The van der Waals surface area contributed by atoms with E-state index in [1.807, 2.05) is 0 Å². The SMILES string of the molecule is CCc1c(-c2cccc(-c3ccccc3)c2C)ccc2ccc3ccc(-c4ccc5ccc6c7ccccc7ccc6c5c4)cc3c12. The molecule has 0 saturated carbocycles. The van der Waals surface area contributed by atoms with Crippen LogP contribution in [0.5, 0.6) is 0 Å². The topological polar surface area (TPSA) is 0 Å². The van der Waals surface area contributed by atoms with Crippen LogP contribution in [-0.2, 0) is 6.42 Å². The Morgan fingerprint density at radius 3 is 1.72 bits per heavy atom. The van der Waals surface area contributed by atoms with Gasteiger partial charge in [0, 0.05) is 0 Å². The normalized spacial score (nSPS) is 11.7. The second-order valence-corrected chi connectivity index (χ2v) is 12.8. The van der Waals surface area contributed by atoms with E-state index in [-0.39, 0.29) is 0 Å². The Hall–Kier alpha value is -5.72. The molecule has 0 saturated heterocycles. The highest BCUT2D eigenvalue weighted by Crippen LogP contribution is 2.40. The van der Waals surface area contributed by atoms with Crippen molar-refractivity contribution in [3.05, 3.63) is 169 Å². The van der Waals surface area contributed by atoms with E-state index < -0.39 is 0 Å². The monoisotopic (exact) mass is 598 g/mol. The molecule has 222 valence electrons. The maximum Gasteiger partial charge on any atom is -0.00670 e. The molecule has 0 unspecified atom stereocenters. The van der Waals surface area contributed by atoms with Gasteiger partial charge in [-0.15, -0.1) is 0 Å². The molecule has 0 aliphatic heterocycles. The van der Waals surface area contributed by atoms with E-state index in [1.165, 1.54) is 98.4 Å². The minimum Gasteiger partial charge on any atom is -0.0622 e. The van der Waals surface area contributed by atoms with Gasteiger partial charge in [0.25, 0.3) is 0 Å². The van der Waals surface area contributed by atoms with Crippen LogP contribution in [0.3, 0.4) is 0 Å². The van der Waals surface area contributed by atoms with Crippen LogP contribution < -0.4 is 0 Å². The Morgan fingerprint density at radius 2 is 0.936 bits per heavy atom. The molecule has 0 atom stereocenters. The van der Waals surface area contributed by atoms with Crippen LogP contribution in [-0.4, -0.2) is 0 Å². The first-order valence-electron chi connectivity index (χ1n) is 16.7. The molecule has 0 radical (unpaired) electrons. The Labute approximate surface area is 275 Å². The zero-order valence-corrected chi connectivity index (χ0v) is 26.7. The fourth-order valence-electron chi connectivity index (χ4n) is 7.88. The largest absolute Gasteiger partial charge is 0.0622 e. The van der Waals surface area contributed by atoms with Crippen molar-refractivity contribution in [3.63, 3.8) is 0 Å². The number of hydrogen-bond acceptors (Lipinski definition) is 0. The second-order valence-electron chi connectivity index (χ2n) is 12.8. The molecular weight excluding hydrogens is 565 g/mol. The van der Waals surface area contributed by atoms with Gasteiger partial charge in [0.1, 0.15) is 0 Å². The van der Waals surface area contributed by atoms with Crippen molar-refractivity contribution in [3.8, 4) is 33.4 Å². The highest BCUT2D eigenvalue weighted by molar-refractivity contribution is 6.18. The standard InChI is InChI=1S/C47H34/c1-3-38-42(40-15-9-14-39(30(40)2)31-10-5-4-6-11-31)27-24-35-19-16-34-18-21-37(29-46(34)47(35)38)36-20-17-33-23-25-43-41-13-8-7-12-32(41)22-26-44(43)45(33)28-36/h4-29H,3H2,1-2H3.